The minimum atomic E-state index is 0.814. The van der Waals surface area contributed by atoms with Crippen molar-refractivity contribution in [3.63, 3.8) is 0 Å². The van der Waals surface area contributed by atoms with E-state index in [4.69, 9.17) is 0 Å². The molecule has 1 aliphatic heterocycles. The Bertz CT molecular complexity index is 121. The Hall–Kier alpha value is -0.300. The van der Waals surface area contributed by atoms with Gasteiger partial charge < -0.3 is 5.32 Å². The maximum atomic E-state index is 3.39. The van der Waals surface area contributed by atoms with Gasteiger partial charge in [-0.2, -0.15) is 0 Å². The first-order valence-electron chi connectivity index (χ1n) is 6.22. The molecule has 0 aromatic rings. The molecule has 84 valence electrons. The highest BCUT2D eigenvalue weighted by atomic mass is 14.9. The molecule has 1 heterocycles. The third-order valence-corrected chi connectivity index (χ3v) is 2.48. The zero-order valence-electron chi connectivity index (χ0n) is 10.2. The lowest BCUT2D eigenvalue weighted by molar-refractivity contribution is 0.438. The molecule has 0 amide bonds. The van der Waals surface area contributed by atoms with Crippen LogP contribution in [0, 0.1) is 5.92 Å². The largest absolute Gasteiger partial charge is 0.316 e. The molecule has 1 heteroatoms. The summed E-state index contributed by atoms with van der Waals surface area (Å²) in [6.45, 7) is 8.96. The van der Waals surface area contributed by atoms with Gasteiger partial charge in [-0.05, 0) is 31.7 Å². The van der Waals surface area contributed by atoms with Crippen LogP contribution in [0.5, 0.6) is 0 Å². The smallest absolute Gasteiger partial charge is 0.00142 e. The average molecular weight is 197 g/mol. The van der Waals surface area contributed by atoms with Crippen molar-refractivity contribution in [2.45, 2.75) is 52.9 Å². The molecule has 0 saturated carbocycles. The molecule has 1 fully saturated rings. The van der Waals surface area contributed by atoms with Crippen LogP contribution in [0.15, 0.2) is 12.2 Å². The zero-order valence-corrected chi connectivity index (χ0v) is 10.2. The van der Waals surface area contributed by atoms with E-state index in [2.05, 4.69) is 38.2 Å². The first-order valence-corrected chi connectivity index (χ1v) is 6.22. The van der Waals surface area contributed by atoms with Crippen LogP contribution in [0.4, 0.5) is 0 Å². The number of hydrogen-bond acceptors (Lipinski definition) is 1. The quantitative estimate of drug-likeness (QED) is 0.679. The van der Waals surface area contributed by atoms with Crippen molar-refractivity contribution in [1.29, 1.82) is 0 Å². The third-order valence-electron chi connectivity index (χ3n) is 2.48. The minimum Gasteiger partial charge on any atom is -0.316 e. The molecule has 1 unspecified atom stereocenters. The molecular formula is C13H27N. The highest BCUT2D eigenvalue weighted by molar-refractivity contribution is 4.90. The van der Waals surface area contributed by atoms with Crippen molar-refractivity contribution in [3.8, 4) is 0 Å². The van der Waals surface area contributed by atoms with Crippen molar-refractivity contribution < 1.29 is 0 Å². The first kappa shape index (κ1) is 13.7. The highest BCUT2D eigenvalue weighted by Crippen LogP contribution is 2.10. The molecular weight excluding hydrogens is 170 g/mol. The van der Waals surface area contributed by atoms with Gasteiger partial charge in [0.2, 0.25) is 0 Å². The Labute approximate surface area is 90.0 Å². The molecule has 0 aliphatic carbocycles. The lowest BCUT2D eigenvalue weighted by Crippen LogP contribution is -2.28. The molecule has 14 heavy (non-hydrogen) atoms. The van der Waals surface area contributed by atoms with Crippen molar-refractivity contribution in [3.05, 3.63) is 12.2 Å². The summed E-state index contributed by atoms with van der Waals surface area (Å²) in [5.74, 6) is 0.814. The molecule has 0 spiro atoms. The van der Waals surface area contributed by atoms with Crippen LogP contribution < -0.4 is 5.32 Å². The van der Waals surface area contributed by atoms with E-state index in [1.807, 2.05) is 0 Å². The normalized spacial score (nSPS) is 21.8. The second-order valence-electron chi connectivity index (χ2n) is 3.94. The predicted molar refractivity (Wildman–Crippen MR) is 65.6 cm³/mol. The van der Waals surface area contributed by atoms with Crippen LogP contribution in [0.1, 0.15) is 52.9 Å². The number of nitrogens with one attached hydrogen (secondary N) is 1. The van der Waals surface area contributed by atoms with Gasteiger partial charge in [0, 0.05) is 6.54 Å². The Balaban J connectivity index is 0.000000364. The monoisotopic (exact) mass is 197 g/mol. The van der Waals surface area contributed by atoms with Crippen LogP contribution in [0.25, 0.3) is 0 Å². The lowest BCUT2D eigenvalue weighted by Gasteiger charge is -2.19. The van der Waals surface area contributed by atoms with Gasteiger partial charge in [-0.3, -0.25) is 0 Å². The van der Waals surface area contributed by atoms with Crippen LogP contribution >= 0.6 is 0 Å². The molecule has 1 saturated heterocycles. The number of hydrogen-bond donors (Lipinski definition) is 1. The van der Waals surface area contributed by atoms with Crippen molar-refractivity contribution >= 4 is 0 Å². The van der Waals surface area contributed by atoms with E-state index in [9.17, 15) is 0 Å². The first-order chi connectivity index (χ1) is 6.85. The third kappa shape index (κ3) is 8.31. The second-order valence-corrected chi connectivity index (χ2v) is 3.94. The molecule has 0 aromatic carbocycles. The van der Waals surface area contributed by atoms with Crippen molar-refractivity contribution in [1.82, 2.24) is 5.32 Å². The fraction of sp³-hybridized carbons (Fsp3) is 0.846. The predicted octanol–water partition coefficient (Wildman–Crippen LogP) is 3.76. The summed E-state index contributed by atoms with van der Waals surface area (Å²) in [5, 5.41) is 3.39. The Morgan fingerprint density at radius 1 is 1.21 bits per heavy atom. The molecule has 1 atom stereocenters. The molecule has 0 bridgehead atoms. The van der Waals surface area contributed by atoms with E-state index in [0.717, 1.165) is 5.92 Å². The number of rotatable bonds is 3. The van der Waals surface area contributed by atoms with Crippen LogP contribution in [-0.4, -0.2) is 13.1 Å². The summed E-state index contributed by atoms with van der Waals surface area (Å²) in [6, 6.07) is 0. The van der Waals surface area contributed by atoms with E-state index in [1.165, 1.54) is 45.2 Å². The van der Waals surface area contributed by atoms with E-state index in [-0.39, 0.29) is 0 Å². The summed E-state index contributed by atoms with van der Waals surface area (Å²) >= 11 is 0. The van der Waals surface area contributed by atoms with E-state index in [1.54, 1.807) is 0 Å². The molecule has 1 aliphatic rings. The molecule has 0 radical (unpaired) electrons. The SMILES string of the molecule is CCC=CC1CCCNC1.CCCC. The fourth-order valence-corrected chi connectivity index (χ4v) is 1.37. The van der Waals surface area contributed by atoms with Gasteiger partial charge in [-0.15, -0.1) is 0 Å². The fourth-order valence-electron chi connectivity index (χ4n) is 1.37. The van der Waals surface area contributed by atoms with Crippen molar-refractivity contribution in [2.75, 3.05) is 13.1 Å². The summed E-state index contributed by atoms with van der Waals surface area (Å²) in [6.07, 6.45) is 11.2. The molecule has 1 rings (SSSR count). The number of unbranched alkanes of at least 4 members (excludes halogenated alkanes) is 1. The topological polar surface area (TPSA) is 12.0 Å². The van der Waals surface area contributed by atoms with E-state index >= 15 is 0 Å². The molecule has 1 N–H and O–H groups in total. The van der Waals surface area contributed by atoms with Gasteiger partial charge in [0.1, 0.15) is 0 Å². The van der Waals surface area contributed by atoms with Gasteiger partial charge in [0.25, 0.3) is 0 Å². The van der Waals surface area contributed by atoms with Crippen LogP contribution in [0.3, 0.4) is 0 Å². The Kier molecular flexibility index (Phi) is 10.5. The van der Waals surface area contributed by atoms with Gasteiger partial charge in [0.05, 0.1) is 0 Å². The van der Waals surface area contributed by atoms with Crippen molar-refractivity contribution in [2.24, 2.45) is 5.92 Å². The minimum absolute atomic E-state index is 0.814. The summed E-state index contributed by atoms with van der Waals surface area (Å²) < 4.78 is 0. The maximum absolute atomic E-state index is 3.39. The number of allylic oxidation sites excluding steroid dienone is 1. The van der Waals surface area contributed by atoms with E-state index in [0.29, 0.717) is 0 Å². The van der Waals surface area contributed by atoms with Gasteiger partial charge in [0.15, 0.2) is 0 Å². The second kappa shape index (κ2) is 10.8. The highest BCUT2D eigenvalue weighted by Gasteiger charge is 2.07. The van der Waals surface area contributed by atoms with Gasteiger partial charge >= 0.3 is 0 Å². The van der Waals surface area contributed by atoms with Gasteiger partial charge in [-0.1, -0.05) is 45.8 Å². The number of piperidine rings is 1. The summed E-state index contributed by atoms with van der Waals surface area (Å²) in [7, 11) is 0. The lowest BCUT2D eigenvalue weighted by atomic mass is 9.99. The van der Waals surface area contributed by atoms with Gasteiger partial charge in [-0.25, -0.2) is 0 Å². The Morgan fingerprint density at radius 2 is 1.93 bits per heavy atom. The summed E-state index contributed by atoms with van der Waals surface area (Å²) in [4.78, 5) is 0. The zero-order chi connectivity index (χ0) is 10.6. The van der Waals surface area contributed by atoms with E-state index < -0.39 is 0 Å². The summed E-state index contributed by atoms with van der Waals surface area (Å²) in [5.41, 5.74) is 0. The Morgan fingerprint density at radius 3 is 2.36 bits per heavy atom. The maximum Gasteiger partial charge on any atom is 0.00142 e. The average Bonchev–Trinajstić information content (AvgIpc) is 2.28. The standard InChI is InChI=1S/C9H17N.C4H10/c1-2-3-5-9-6-4-7-10-8-9;1-3-4-2/h3,5,9-10H,2,4,6-8H2,1H3;3-4H2,1-2H3. The van der Waals surface area contributed by atoms with Crippen LogP contribution in [-0.2, 0) is 0 Å². The molecule has 1 nitrogen and oxygen atoms in total. The molecule has 0 aromatic heterocycles. The van der Waals surface area contributed by atoms with Crippen LogP contribution in [0.2, 0.25) is 0 Å².